The maximum Gasteiger partial charge on any atom is 0.241 e. The molecule has 1 N–H and O–H groups in total. The van der Waals surface area contributed by atoms with Crippen molar-refractivity contribution in [1.82, 2.24) is 4.90 Å². The number of nitrogens with zero attached hydrogens (tertiary/aromatic N) is 2. The summed E-state index contributed by atoms with van der Waals surface area (Å²) >= 11 is 1.52. The van der Waals surface area contributed by atoms with Crippen LogP contribution in [-0.2, 0) is 4.79 Å². The van der Waals surface area contributed by atoms with Gasteiger partial charge >= 0.3 is 0 Å². The molecule has 1 aromatic rings. The molecule has 0 aliphatic rings. The molecule has 1 amide bonds. The first-order chi connectivity index (χ1) is 8.63. The first-order valence-electron chi connectivity index (χ1n) is 5.69. The fourth-order valence-electron chi connectivity index (χ4n) is 1.45. The third-order valence-corrected chi connectivity index (χ3v) is 3.47. The van der Waals surface area contributed by atoms with Crippen molar-refractivity contribution in [2.24, 2.45) is 0 Å². The van der Waals surface area contributed by atoms with Crippen LogP contribution in [-0.4, -0.2) is 37.2 Å². The fraction of sp³-hybridized carbons (Fsp3) is 0.385. The van der Waals surface area contributed by atoms with Gasteiger partial charge in [0, 0.05) is 18.5 Å². The van der Waals surface area contributed by atoms with Gasteiger partial charge in [0.2, 0.25) is 5.91 Å². The van der Waals surface area contributed by atoms with Crippen molar-refractivity contribution in [3.05, 3.63) is 23.8 Å². The van der Waals surface area contributed by atoms with Gasteiger partial charge in [-0.25, -0.2) is 0 Å². The van der Waals surface area contributed by atoms with E-state index in [9.17, 15) is 4.79 Å². The summed E-state index contributed by atoms with van der Waals surface area (Å²) in [6, 6.07) is 7.77. The highest BCUT2D eigenvalue weighted by molar-refractivity contribution is 7.98. The molecular formula is C13H17N3OS. The molecule has 0 aromatic heterocycles. The molecule has 1 aromatic carbocycles. The Labute approximate surface area is 112 Å². The van der Waals surface area contributed by atoms with Crippen molar-refractivity contribution in [1.29, 1.82) is 5.26 Å². The number of nitrogens with one attached hydrogen (secondary N) is 1. The van der Waals surface area contributed by atoms with Crippen LogP contribution in [0.25, 0.3) is 0 Å². The summed E-state index contributed by atoms with van der Waals surface area (Å²) in [4.78, 5) is 14.2. The number of thioether (sulfide) groups is 1. The minimum atomic E-state index is 0.0101. The van der Waals surface area contributed by atoms with Gasteiger partial charge in [0.25, 0.3) is 0 Å². The zero-order valence-corrected chi connectivity index (χ0v) is 11.7. The molecule has 5 heteroatoms. The third-order valence-electron chi connectivity index (χ3n) is 2.69. The molecule has 0 unspecified atom stereocenters. The van der Waals surface area contributed by atoms with Crippen LogP contribution < -0.4 is 5.32 Å². The van der Waals surface area contributed by atoms with Crippen LogP contribution in [0.5, 0.6) is 0 Å². The number of likely N-dealkylation sites (N-methyl/N-ethyl adjacent to an activating group) is 1. The van der Waals surface area contributed by atoms with Crippen molar-refractivity contribution in [3.8, 4) is 6.07 Å². The van der Waals surface area contributed by atoms with E-state index in [0.717, 1.165) is 4.90 Å². The van der Waals surface area contributed by atoms with E-state index in [1.807, 2.05) is 31.4 Å². The first kappa shape index (κ1) is 14.4. The lowest BCUT2D eigenvalue weighted by Crippen LogP contribution is -2.32. The molecule has 0 radical (unpaired) electrons. The van der Waals surface area contributed by atoms with Gasteiger partial charge in [0.05, 0.1) is 17.8 Å². The number of rotatable bonds is 5. The Morgan fingerprint density at radius 2 is 2.28 bits per heavy atom. The second-order valence-electron chi connectivity index (χ2n) is 3.76. The zero-order valence-electron chi connectivity index (χ0n) is 10.9. The van der Waals surface area contributed by atoms with Gasteiger partial charge in [0.1, 0.15) is 6.07 Å². The number of amides is 1. The Kier molecular flexibility index (Phi) is 5.53. The quantitative estimate of drug-likeness (QED) is 0.827. The van der Waals surface area contributed by atoms with Gasteiger partial charge in [-0.2, -0.15) is 5.26 Å². The van der Waals surface area contributed by atoms with E-state index >= 15 is 0 Å². The van der Waals surface area contributed by atoms with E-state index in [-0.39, 0.29) is 12.5 Å². The molecule has 0 heterocycles. The van der Waals surface area contributed by atoms with Crippen molar-refractivity contribution in [2.75, 3.05) is 31.7 Å². The highest BCUT2D eigenvalue weighted by Gasteiger charge is 2.10. The maximum absolute atomic E-state index is 11.7. The van der Waals surface area contributed by atoms with Crippen LogP contribution in [0.4, 0.5) is 5.69 Å². The standard InChI is InChI=1S/C13H17N3OS/c1-4-16(2)13(17)9-15-11-6-5-7-12(18-3)10(11)8-14/h5-7,15H,4,9H2,1-3H3. The van der Waals surface area contributed by atoms with Gasteiger partial charge in [-0.3, -0.25) is 4.79 Å². The predicted molar refractivity (Wildman–Crippen MR) is 74.7 cm³/mol. The first-order valence-corrected chi connectivity index (χ1v) is 6.91. The topological polar surface area (TPSA) is 56.1 Å². The molecular weight excluding hydrogens is 246 g/mol. The van der Waals surface area contributed by atoms with Crippen LogP contribution in [0.1, 0.15) is 12.5 Å². The lowest BCUT2D eigenvalue weighted by molar-refractivity contribution is -0.127. The maximum atomic E-state index is 11.7. The van der Waals surface area contributed by atoms with E-state index in [0.29, 0.717) is 17.8 Å². The van der Waals surface area contributed by atoms with Crippen LogP contribution >= 0.6 is 11.8 Å². The summed E-state index contributed by atoms with van der Waals surface area (Å²) in [5.41, 5.74) is 1.30. The fourth-order valence-corrected chi connectivity index (χ4v) is 2.02. The highest BCUT2D eigenvalue weighted by atomic mass is 32.2. The van der Waals surface area contributed by atoms with Gasteiger partial charge in [-0.15, -0.1) is 11.8 Å². The Morgan fingerprint density at radius 1 is 1.56 bits per heavy atom. The van der Waals surface area contributed by atoms with Gasteiger partial charge in [-0.05, 0) is 25.3 Å². The molecule has 0 saturated carbocycles. The van der Waals surface area contributed by atoms with Crippen molar-refractivity contribution in [2.45, 2.75) is 11.8 Å². The van der Waals surface area contributed by atoms with Gasteiger partial charge in [0.15, 0.2) is 0 Å². The second kappa shape index (κ2) is 6.92. The average molecular weight is 263 g/mol. The minimum Gasteiger partial charge on any atom is -0.375 e. The van der Waals surface area contributed by atoms with Crippen LogP contribution in [0, 0.1) is 11.3 Å². The normalized spacial score (nSPS) is 9.67. The Hall–Kier alpha value is -1.67. The molecule has 18 heavy (non-hydrogen) atoms. The van der Waals surface area contributed by atoms with E-state index in [1.54, 1.807) is 11.9 Å². The van der Waals surface area contributed by atoms with Crippen LogP contribution in [0.15, 0.2) is 23.1 Å². The summed E-state index contributed by atoms with van der Waals surface area (Å²) in [6.07, 6.45) is 1.93. The number of benzene rings is 1. The molecule has 0 fully saturated rings. The number of carbonyl (C=O) groups is 1. The molecule has 0 atom stereocenters. The SMILES string of the molecule is CCN(C)C(=O)CNc1cccc(SC)c1C#N. The third kappa shape index (κ3) is 3.41. The summed E-state index contributed by atoms with van der Waals surface area (Å²) in [5, 5.41) is 12.2. The van der Waals surface area contributed by atoms with Crippen molar-refractivity contribution in [3.63, 3.8) is 0 Å². The monoisotopic (exact) mass is 263 g/mol. The van der Waals surface area contributed by atoms with Crippen molar-refractivity contribution >= 4 is 23.4 Å². The van der Waals surface area contributed by atoms with Gasteiger partial charge in [-0.1, -0.05) is 6.07 Å². The average Bonchev–Trinajstić information content (AvgIpc) is 2.42. The van der Waals surface area contributed by atoms with Crippen LogP contribution in [0.2, 0.25) is 0 Å². The smallest absolute Gasteiger partial charge is 0.241 e. The molecule has 0 saturated heterocycles. The summed E-state index contributed by atoms with van der Waals surface area (Å²) in [6.45, 7) is 2.81. The predicted octanol–water partition coefficient (Wildman–Crippen LogP) is 2.17. The molecule has 0 spiro atoms. The number of hydrogen-bond donors (Lipinski definition) is 1. The molecule has 0 aliphatic heterocycles. The Balaban J connectivity index is 2.80. The lowest BCUT2D eigenvalue weighted by Gasteiger charge is -2.16. The van der Waals surface area contributed by atoms with E-state index in [2.05, 4.69) is 11.4 Å². The second-order valence-corrected chi connectivity index (χ2v) is 4.60. The van der Waals surface area contributed by atoms with Crippen LogP contribution in [0.3, 0.4) is 0 Å². The number of anilines is 1. The zero-order chi connectivity index (χ0) is 13.5. The highest BCUT2D eigenvalue weighted by Crippen LogP contribution is 2.26. The molecule has 1 rings (SSSR count). The van der Waals surface area contributed by atoms with Gasteiger partial charge < -0.3 is 10.2 Å². The molecule has 0 bridgehead atoms. The van der Waals surface area contributed by atoms with E-state index in [4.69, 9.17) is 5.26 Å². The lowest BCUT2D eigenvalue weighted by atomic mass is 10.2. The largest absolute Gasteiger partial charge is 0.375 e. The number of nitriles is 1. The Bertz CT molecular complexity index is 468. The molecule has 96 valence electrons. The molecule has 0 aliphatic carbocycles. The molecule has 4 nitrogen and oxygen atoms in total. The summed E-state index contributed by atoms with van der Waals surface area (Å²) in [5.74, 6) is 0.0101. The summed E-state index contributed by atoms with van der Waals surface area (Å²) < 4.78 is 0. The minimum absolute atomic E-state index is 0.0101. The van der Waals surface area contributed by atoms with E-state index in [1.165, 1.54) is 11.8 Å². The summed E-state index contributed by atoms with van der Waals surface area (Å²) in [7, 11) is 1.76. The van der Waals surface area contributed by atoms with E-state index < -0.39 is 0 Å². The van der Waals surface area contributed by atoms with Crippen molar-refractivity contribution < 1.29 is 4.79 Å². The number of carbonyl (C=O) groups excluding carboxylic acids is 1. The Morgan fingerprint density at radius 3 is 2.83 bits per heavy atom. The number of hydrogen-bond acceptors (Lipinski definition) is 4.